The monoisotopic (exact) mass is 404 g/mol. The van der Waals surface area contributed by atoms with Crippen molar-refractivity contribution in [3.05, 3.63) is 77.2 Å². The Hall–Kier alpha value is -2.96. The number of alkyl halides is 3. The first-order valence-corrected chi connectivity index (χ1v) is 9.05. The van der Waals surface area contributed by atoms with Gasteiger partial charge in [-0.2, -0.15) is 13.2 Å². The Morgan fingerprint density at radius 1 is 1.07 bits per heavy atom. The first-order valence-electron chi connectivity index (χ1n) is 9.05. The molecule has 3 aromatic rings. The molecule has 1 amide bonds. The highest BCUT2D eigenvalue weighted by molar-refractivity contribution is 5.99. The number of nitrogens with zero attached hydrogens (tertiary/aromatic N) is 1. The molecule has 0 fully saturated rings. The highest BCUT2D eigenvalue weighted by Gasteiger charge is 2.40. The predicted octanol–water partition coefficient (Wildman–Crippen LogP) is 5.37. The molecule has 1 atom stereocenters. The van der Waals surface area contributed by atoms with Gasteiger partial charge >= 0.3 is 6.18 Å². The minimum atomic E-state index is -4.46. The number of benzene rings is 2. The maximum Gasteiger partial charge on any atom is 0.391 e. The van der Waals surface area contributed by atoms with Crippen molar-refractivity contribution in [1.29, 1.82) is 0 Å². The zero-order valence-corrected chi connectivity index (χ0v) is 16.0. The molecule has 0 bridgehead atoms. The van der Waals surface area contributed by atoms with Gasteiger partial charge in [0, 0.05) is 5.39 Å². The molecule has 1 heterocycles. The van der Waals surface area contributed by atoms with Crippen LogP contribution in [0.25, 0.3) is 10.9 Å². The summed E-state index contributed by atoms with van der Waals surface area (Å²) in [5.74, 6) is -1.20. The Balaban J connectivity index is 1.94. The summed E-state index contributed by atoms with van der Waals surface area (Å²) < 4.78 is 53.6. The molecular weight excluding hydrogens is 384 g/mol. The minimum Gasteiger partial charge on any atom is -0.346 e. The summed E-state index contributed by atoms with van der Waals surface area (Å²) in [7, 11) is 0. The van der Waals surface area contributed by atoms with Crippen LogP contribution in [0.4, 0.5) is 17.6 Å². The Morgan fingerprint density at radius 2 is 1.76 bits per heavy atom. The maximum atomic E-state index is 13.9. The van der Waals surface area contributed by atoms with E-state index >= 15 is 0 Å². The number of aromatic nitrogens is 1. The third kappa shape index (κ3) is 5.10. The molecular formula is C22H20F4N2O. The standard InChI is InChI=1S/C22H20F4N2O/c1-14-17(11-16-9-6-10-18(23)19(16)27-14)20(29)28-21(2,13-22(24,25)26)12-15-7-4-3-5-8-15/h3-11H,12-13H2,1-2H3,(H,28,29). The second-order valence-electron chi connectivity index (χ2n) is 7.40. The van der Waals surface area contributed by atoms with Crippen LogP contribution >= 0.6 is 0 Å². The second kappa shape index (κ2) is 7.81. The summed E-state index contributed by atoms with van der Waals surface area (Å²) in [6.07, 6.45) is -5.64. The van der Waals surface area contributed by atoms with Gasteiger partial charge in [0.15, 0.2) is 0 Å². The van der Waals surface area contributed by atoms with Crippen LogP contribution in [0.1, 0.15) is 35.0 Å². The van der Waals surface area contributed by atoms with Gasteiger partial charge in [-0.1, -0.05) is 42.5 Å². The number of carbonyl (C=O) groups is 1. The molecule has 0 spiro atoms. The van der Waals surface area contributed by atoms with E-state index < -0.39 is 29.9 Å². The fourth-order valence-corrected chi connectivity index (χ4v) is 3.47. The van der Waals surface area contributed by atoms with Crippen LogP contribution in [0.5, 0.6) is 0 Å². The fraction of sp³-hybridized carbons (Fsp3) is 0.273. The average Bonchev–Trinajstić information content (AvgIpc) is 2.61. The molecule has 3 nitrogen and oxygen atoms in total. The Labute approximate surface area is 165 Å². The number of pyridine rings is 1. The molecule has 1 unspecified atom stereocenters. The quantitative estimate of drug-likeness (QED) is 0.581. The summed E-state index contributed by atoms with van der Waals surface area (Å²) in [5, 5.41) is 2.95. The van der Waals surface area contributed by atoms with Crippen LogP contribution in [0.2, 0.25) is 0 Å². The van der Waals surface area contributed by atoms with Gasteiger partial charge < -0.3 is 5.32 Å². The van der Waals surface area contributed by atoms with Crippen molar-refractivity contribution in [2.45, 2.75) is 38.4 Å². The number of aryl methyl sites for hydroxylation is 1. The number of nitrogens with one attached hydrogen (secondary N) is 1. The lowest BCUT2D eigenvalue weighted by Gasteiger charge is -2.32. The zero-order chi connectivity index (χ0) is 21.2. The lowest BCUT2D eigenvalue weighted by atomic mass is 9.88. The Kier molecular flexibility index (Phi) is 5.59. The van der Waals surface area contributed by atoms with Crippen LogP contribution in [-0.4, -0.2) is 22.6 Å². The van der Waals surface area contributed by atoms with Crippen molar-refractivity contribution < 1.29 is 22.4 Å². The Bertz CT molecular complexity index is 1030. The normalized spacial score (nSPS) is 13.9. The summed E-state index contributed by atoms with van der Waals surface area (Å²) in [4.78, 5) is 17.0. The molecule has 1 aromatic heterocycles. The molecule has 152 valence electrons. The number of halogens is 4. The number of carbonyl (C=O) groups excluding carboxylic acids is 1. The topological polar surface area (TPSA) is 42.0 Å². The van der Waals surface area contributed by atoms with Gasteiger partial charge in [-0.25, -0.2) is 9.37 Å². The number of rotatable bonds is 5. The molecule has 29 heavy (non-hydrogen) atoms. The highest BCUT2D eigenvalue weighted by Crippen LogP contribution is 2.30. The molecule has 0 aliphatic rings. The van der Waals surface area contributed by atoms with E-state index in [0.717, 1.165) is 0 Å². The van der Waals surface area contributed by atoms with Crippen molar-refractivity contribution in [3.8, 4) is 0 Å². The van der Waals surface area contributed by atoms with Gasteiger partial charge in [0.25, 0.3) is 5.91 Å². The van der Waals surface area contributed by atoms with Crippen LogP contribution in [0, 0.1) is 12.7 Å². The summed E-state index contributed by atoms with van der Waals surface area (Å²) in [6, 6.07) is 14.5. The number of fused-ring (bicyclic) bond motifs is 1. The first-order chi connectivity index (χ1) is 13.6. The van der Waals surface area contributed by atoms with E-state index in [1.165, 1.54) is 32.0 Å². The van der Waals surface area contributed by atoms with E-state index in [4.69, 9.17) is 0 Å². The molecule has 0 saturated carbocycles. The van der Waals surface area contributed by atoms with E-state index in [1.807, 2.05) is 0 Å². The summed E-state index contributed by atoms with van der Waals surface area (Å²) in [6.45, 7) is 2.90. The number of hydrogen-bond acceptors (Lipinski definition) is 2. The van der Waals surface area contributed by atoms with Crippen molar-refractivity contribution in [3.63, 3.8) is 0 Å². The predicted molar refractivity (Wildman–Crippen MR) is 103 cm³/mol. The van der Waals surface area contributed by atoms with Gasteiger partial charge in [0.2, 0.25) is 0 Å². The third-order valence-electron chi connectivity index (χ3n) is 4.67. The summed E-state index contributed by atoms with van der Waals surface area (Å²) in [5.41, 5.74) is -0.405. The van der Waals surface area contributed by atoms with E-state index in [-0.39, 0.29) is 23.2 Å². The van der Waals surface area contributed by atoms with Gasteiger partial charge in [0.1, 0.15) is 11.3 Å². The molecule has 7 heteroatoms. The highest BCUT2D eigenvalue weighted by atomic mass is 19.4. The maximum absolute atomic E-state index is 13.9. The van der Waals surface area contributed by atoms with E-state index in [1.54, 1.807) is 36.4 Å². The third-order valence-corrected chi connectivity index (χ3v) is 4.67. The molecule has 0 radical (unpaired) electrons. The van der Waals surface area contributed by atoms with Crippen molar-refractivity contribution in [1.82, 2.24) is 10.3 Å². The average molecular weight is 404 g/mol. The lowest BCUT2D eigenvalue weighted by Crippen LogP contribution is -2.50. The molecule has 3 rings (SSSR count). The first kappa shape index (κ1) is 20.8. The van der Waals surface area contributed by atoms with Crippen LogP contribution in [0.15, 0.2) is 54.6 Å². The zero-order valence-electron chi connectivity index (χ0n) is 16.0. The molecule has 0 saturated heterocycles. The van der Waals surface area contributed by atoms with Crippen molar-refractivity contribution in [2.24, 2.45) is 0 Å². The van der Waals surface area contributed by atoms with Gasteiger partial charge in [-0.05, 0) is 38.0 Å². The van der Waals surface area contributed by atoms with Gasteiger partial charge in [0.05, 0.1) is 23.2 Å². The second-order valence-corrected chi connectivity index (χ2v) is 7.40. The van der Waals surface area contributed by atoms with Crippen LogP contribution in [-0.2, 0) is 6.42 Å². The lowest BCUT2D eigenvalue weighted by molar-refractivity contribution is -0.147. The molecule has 0 aliphatic heterocycles. The van der Waals surface area contributed by atoms with Crippen LogP contribution in [0.3, 0.4) is 0 Å². The smallest absolute Gasteiger partial charge is 0.346 e. The molecule has 0 aliphatic carbocycles. The summed E-state index contributed by atoms with van der Waals surface area (Å²) >= 11 is 0. The number of hydrogen-bond donors (Lipinski definition) is 1. The SMILES string of the molecule is Cc1nc2c(F)cccc2cc1C(=O)NC(C)(Cc1ccccc1)CC(F)(F)F. The minimum absolute atomic E-state index is 0.00771. The molecule has 1 N–H and O–H groups in total. The van der Waals surface area contributed by atoms with E-state index in [2.05, 4.69) is 10.3 Å². The number of para-hydroxylation sites is 1. The van der Waals surface area contributed by atoms with Crippen LogP contribution < -0.4 is 5.32 Å². The largest absolute Gasteiger partial charge is 0.391 e. The van der Waals surface area contributed by atoms with Crippen molar-refractivity contribution >= 4 is 16.8 Å². The van der Waals surface area contributed by atoms with Gasteiger partial charge in [-0.15, -0.1) is 0 Å². The van der Waals surface area contributed by atoms with E-state index in [0.29, 0.717) is 10.9 Å². The number of amides is 1. The van der Waals surface area contributed by atoms with Gasteiger partial charge in [-0.3, -0.25) is 4.79 Å². The fourth-order valence-electron chi connectivity index (χ4n) is 3.47. The van der Waals surface area contributed by atoms with E-state index in [9.17, 15) is 22.4 Å². The Morgan fingerprint density at radius 3 is 2.41 bits per heavy atom. The van der Waals surface area contributed by atoms with Crippen molar-refractivity contribution in [2.75, 3.05) is 0 Å². The molecule has 2 aromatic carbocycles.